The van der Waals surface area contributed by atoms with Crippen LogP contribution in [-0.4, -0.2) is 29.3 Å². The van der Waals surface area contributed by atoms with E-state index in [4.69, 9.17) is 5.26 Å². The minimum atomic E-state index is -2.70. The molecule has 0 bridgehead atoms. The first-order valence-corrected chi connectivity index (χ1v) is 6.11. The maximum absolute atomic E-state index is 13.1. The summed E-state index contributed by atoms with van der Waals surface area (Å²) in [7, 11) is 0. The molecule has 2 unspecified atom stereocenters. The van der Waals surface area contributed by atoms with E-state index in [9.17, 15) is 13.6 Å². The van der Waals surface area contributed by atoms with E-state index in [1.54, 1.807) is 0 Å². The second kappa shape index (κ2) is 4.59. The quantitative estimate of drug-likeness (QED) is 0.708. The van der Waals surface area contributed by atoms with E-state index in [0.29, 0.717) is 13.0 Å². The minimum Gasteiger partial charge on any atom is -0.326 e. The van der Waals surface area contributed by atoms with Crippen LogP contribution in [0.5, 0.6) is 0 Å². The molecule has 0 spiro atoms. The summed E-state index contributed by atoms with van der Waals surface area (Å²) < 4.78 is 26.1. The smallest absolute Gasteiger partial charge is 0.248 e. The molecule has 0 aromatic rings. The van der Waals surface area contributed by atoms with Gasteiger partial charge in [-0.3, -0.25) is 4.79 Å². The Balaban J connectivity index is 2.02. The normalized spacial score (nSPS) is 32.2. The Kier molecular flexibility index (Phi) is 3.32. The van der Waals surface area contributed by atoms with Crippen molar-refractivity contribution in [3.8, 4) is 6.07 Å². The summed E-state index contributed by atoms with van der Waals surface area (Å²) in [5.41, 5.74) is 0. The summed E-state index contributed by atoms with van der Waals surface area (Å²) in [5.74, 6) is -3.52. The molecule has 1 aliphatic heterocycles. The van der Waals surface area contributed by atoms with Crippen molar-refractivity contribution >= 4 is 5.91 Å². The number of carbonyl (C=O) groups is 1. The van der Waals surface area contributed by atoms with Crippen LogP contribution in [0.4, 0.5) is 8.78 Å². The molecule has 3 nitrogen and oxygen atoms in total. The monoisotopic (exact) mass is 242 g/mol. The van der Waals surface area contributed by atoms with Gasteiger partial charge in [0.15, 0.2) is 0 Å². The zero-order valence-electron chi connectivity index (χ0n) is 9.66. The van der Waals surface area contributed by atoms with E-state index in [1.807, 2.05) is 0 Å². The molecule has 1 saturated carbocycles. The van der Waals surface area contributed by atoms with Crippen LogP contribution in [0.15, 0.2) is 0 Å². The molecule has 1 amide bonds. The first-order valence-electron chi connectivity index (χ1n) is 6.11. The number of carbonyl (C=O) groups excluding carboxylic acids is 1. The number of piperidine rings is 1. The summed E-state index contributed by atoms with van der Waals surface area (Å²) >= 11 is 0. The molecule has 0 N–H and O–H groups in total. The molecular weight excluding hydrogens is 226 g/mol. The number of amides is 1. The molecule has 1 heterocycles. The van der Waals surface area contributed by atoms with Gasteiger partial charge in [-0.1, -0.05) is 0 Å². The third-order valence-electron chi connectivity index (χ3n) is 3.69. The van der Waals surface area contributed by atoms with Crippen molar-refractivity contribution in [3.63, 3.8) is 0 Å². The van der Waals surface area contributed by atoms with Gasteiger partial charge < -0.3 is 4.90 Å². The fourth-order valence-electron chi connectivity index (χ4n) is 2.72. The summed E-state index contributed by atoms with van der Waals surface area (Å²) in [6.07, 6.45) is 2.18. The highest BCUT2D eigenvalue weighted by atomic mass is 19.3. The van der Waals surface area contributed by atoms with Gasteiger partial charge in [0.05, 0.1) is 6.07 Å². The van der Waals surface area contributed by atoms with Crippen LogP contribution in [0.3, 0.4) is 0 Å². The highest BCUT2D eigenvalue weighted by Crippen LogP contribution is 2.40. The standard InChI is InChI=1S/C12H16F2N2O/c13-12(14)5-4-9(7-12)11(17)16-6-2-1-3-10(16)8-15/h9-10H,1-7H2. The van der Waals surface area contributed by atoms with Crippen LogP contribution >= 0.6 is 0 Å². The first-order chi connectivity index (χ1) is 8.03. The van der Waals surface area contributed by atoms with Gasteiger partial charge in [-0.05, 0) is 25.7 Å². The maximum Gasteiger partial charge on any atom is 0.248 e. The highest BCUT2D eigenvalue weighted by Gasteiger charge is 2.44. The fourth-order valence-corrected chi connectivity index (χ4v) is 2.72. The average Bonchev–Trinajstić information content (AvgIpc) is 2.68. The van der Waals surface area contributed by atoms with Crippen molar-refractivity contribution in [1.82, 2.24) is 4.90 Å². The molecular formula is C12H16F2N2O. The molecule has 0 aromatic carbocycles. The number of hydrogen-bond acceptors (Lipinski definition) is 2. The molecule has 2 atom stereocenters. The largest absolute Gasteiger partial charge is 0.326 e. The van der Waals surface area contributed by atoms with E-state index in [1.165, 1.54) is 4.90 Å². The molecule has 5 heteroatoms. The number of hydrogen-bond donors (Lipinski definition) is 0. The number of nitriles is 1. The number of halogens is 2. The number of alkyl halides is 2. The predicted octanol–water partition coefficient (Wildman–Crippen LogP) is 2.33. The zero-order valence-corrected chi connectivity index (χ0v) is 9.66. The molecule has 1 saturated heterocycles. The third-order valence-corrected chi connectivity index (χ3v) is 3.69. The Hall–Kier alpha value is -1.18. The van der Waals surface area contributed by atoms with E-state index in [2.05, 4.69) is 6.07 Å². The van der Waals surface area contributed by atoms with Crippen molar-refractivity contribution in [2.75, 3.05) is 6.54 Å². The van der Waals surface area contributed by atoms with E-state index < -0.39 is 17.9 Å². The average molecular weight is 242 g/mol. The third kappa shape index (κ3) is 2.56. The van der Waals surface area contributed by atoms with Crippen LogP contribution in [-0.2, 0) is 4.79 Å². The van der Waals surface area contributed by atoms with Gasteiger partial charge >= 0.3 is 0 Å². The summed E-state index contributed by atoms with van der Waals surface area (Å²) in [4.78, 5) is 13.6. The van der Waals surface area contributed by atoms with Crippen LogP contribution in [0, 0.1) is 17.2 Å². The van der Waals surface area contributed by atoms with Gasteiger partial charge in [0.1, 0.15) is 6.04 Å². The van der Waals surface area contributed by atoms with E-state index >= 15 is 0 Å². The summed E-state index contributed by atoms with van der Waals surface area (Å²) in [6.45, 7) is 0.541. The lowest BCUT2D eigenvalue weighted by Crippen LogP contribution is -2.45. The Morgan fingerprint density at radius 3 is 2.71 bits per heavy atom. The van der Waals surface area contributed by atoms with Gasteiger partial charge in [-0.15, -0.1) is 0 Å². The van der Waals surface area contributed by atoms with Crippen molar-refractivity contribution < 1.29 is 13.6 Å². The van der Waals surface area contributed by atoms with Crippen LogP contribution < -0.4 is 0 Å². The maximum atomic E-state index is 13.1. The van der Waals surface area contributed by atoms with Gasteiger partial charge in [-0.25, -0.2) is 8.78 Å². The minimum absolute atomic E-state index is 0.200. The van der Waals surface area contributed by atoms with Gasteiger partial charge in [0, 0.05) is 25.3 Å². The van der Waals surface area contributed by atoms with Crippen LogP contribution in [0.2, 0.25) is 0 Å². The van der Waals surface area contributed by atoms with E-state index in [-0.39, 0.29) is 25.2 Å². The molecule has 0 aromatic heterocycles. The summed E-state index contributed by atoms with van der Waals surface area (Å²) in [6, 6.07) is 1.69. The van der Waals surface area contributed by atoms with Crippen molar-refractivity contribution in [2.24, 2.45) is 5.92 Å². The van der Waals surface area contributed by atoms with Gasteiger partial charge in [0.2, 0.25) is 11.8 Å². The topological polar surface area (TPSA) is 44.1 Å². The summed E-state index contributed by atoms with van der Waals surface area (Å²) in [5, 5.41) is 8.96. The number of nitrogens with zero attached hydrogens (tertiary/aromatic N) is 2. The van der Waals surface area contributed by atoms with Gasteiger partial charge in [0.25, 0.3) is 0 Å². The second-order valence-corrected chi connectivity index (χ2v) is 4.97. The molecule has 0 radical (unpaired) electrons. The molecule has 2 rings (SSSR count). The molecule has 1 aliphatic carbocycles. The van der Waals surface area contributed by atoms with Crippen molar-refractivity contribution in [3.05, 3.63) is 0 Å². The van der Waals surface area contributed by atoms with E-state index in [0.717, 1.165) is 12.8 Å². The molecule has 2 aliphatic rings. The fraction of sp³-hybridized carbons (Fsp3) is 0.833. The lowest BCUT2D eigenvalue weighted by molar-refractivity contribution is -0.138. The van der Waals surface area contributed by atoms with Gasteiger partial charge in [-0.2, -0.15) is 5.26 Å². The van der Waals surface area contributed by atoms with Crippen LogP contribution in [0.1, 0.15) is 38.5 Å². The zero-order chi connectivity index (χ0) is 12.5. The Morgan fingerprint density at radius 2 is 2.12 bits per heavy atom. The molecule has 94 valence electrons. The SMILES string of the molecule is N#CC1CCCCN1C(=O)C1CCC(F)(F)C1. The second-order valence-electron chi connectivity index (χ2n) is 4.97. The van der Waals surface area contributed by atoms with Crippen molar-refractivity contribution in [1.29, 1.82) is 5.26 Å². The predicted molar refractivity (Wildman–Crippen MR) is 57.3 cm³/mol. The lowest BCUT2D eigenvalue weighted by Gasteiger charge is -2.33. The number of likely N-dealkylation sites (tertiary alicyclic amines) is 1. The molecule has 17 heavy (non-hydrogen) atoms. The number of rotatable bonds is 1. The Labute approximate surface area is 99.4 Å². The molecule has 2 fully saturated rings. The Bertz CT molecular complexity index is 351. The van der Waals surface area contributed by atoms with Crippen molar-refractivity contribution in [2.45, 2.75) is 50.5 Å². The Morgan fingerprint density at radius 1 is 1.35 bits per heavy atom. The first kappa shape index (κ1) is 12.3. The lowest BCUT2D eigenvalue weighted by atomic mass is 9.99. The highest BCUT2D eigenvalue weighted by molar-refractivity contribution is 5.80. The van der Waals surface area contributed by atoms with Crippen LogP contribution in [0.25, 0.3) is 0 Å².